The van der Waals surface area contributed by atoms with Crippen LogP contribution in [0.15, 0.2) is 72.8 Å². The summed E-state index contributed by atoms with van der Waals surface area (Å²) >= 11 is 0. The summed E-state index contributed by atoms with van der Waals surface area (Å²) in [5.41, 5.74) is 1.44. The summed E-state index contributed by atoms with van der Waals surface area (Å²) < 4.78 is 0. The van der Waals surface area contributed by atoms with E-state index in [1.54, 1.807) is 6.07 Å². The lowest BCUT2D eigenvalue weighted by Gasteiger charge is -2.24. The highest BCUT2D eigenvalue weighted by atomic mass is 16.2. The molecule has 0 radical (unpaired) electrons. The highest BCUT2D eigenvalue weighted by molar-refractivity contribution is 6.01. The Morgan fingerprint density at radius 1 is 0.867 bits per heavy atom. The molecule has 0 unspecified atom stereocenters. The lowest BCUT2D eigenvalue weighted by Crippen LogP contribution is -2.52. The van der Waals surface area contributed by atoms with Gasteiger partial charge in [-0.05, 0) is 40.8 Å². The third-order valence-corrected chi connectivity index (χ3v) is 5.04. The molecular formula is C25H26N2O3. The van der Waals surface area contributed by atoms with E-state index in [1.165, 1.54) is 0 Å². The minimum Gasteiger partial charge on any atom is -0.344 e. The molecule has 0 aromatic heterocycles. The van der Waals surface area contributed by atoms with Gasteiger partial charge < -0.3 is 15.4 Å². The summed E-state index contributed by atoms with van der Waals surface area (Å²) in [5.74, 6) is -0.828. The van der Waals surface area contributed by atoms with Crippen molar-refractivity contribution in [3.05, 3.63) is 83.9 Å². The fraction of sp³-hybridized carbons (Fsp3) is 0.240. The van der Waals surface area contributed by atoms with Crippen molar-refractivity contribution in [2.75, 3.05) is 0 Å². The van der Waals surface area contributed by atoms with E-state index < -0.39 is 12.1 Å². The summed E-state index contributed by atoms with van der Waals surface area (Å²) in [5, 5.41) is 7.59. The van der Waals surface area contributed by atoms with Crippen LogP contribution in [-0.2, 0) is 16.0 Å². The lowest BCUT2D eigenvalue weighted by molar-refractivity contribution is -0.126. The van der Waals surface area contributed by atoms with Gasteiger partial charge in [0.2, 0.25) is 5.91 Å². The zero-order chi connectivity index (χ0) is 21.5. The van der Waals surface area contributed by atoms with Crippen LogP contribution in [-0.4, -0.2) is 30.2 Å². The smallest absolute Gasteiger partial charge is 0.251 e. The summed E-state index contributed by atoms with van der Waals surface area (Å²) in [4.78, 5) is 37.1. The van der Waals surface area contributed by atoms with Crippen LogP contribution in [0, 0.1) is 5.92 Å². The first-order valence-corrected chi connectivity index (χ1v) is 10.1. The first-order valence-electron chi connectivity index (χ1n) is 10.1. The van der Waals surface area contributed by atoms with E-state index in [0.717, 1.165) is 22.6 Å². The molecule has 3 aromatic carbocycles. The predicted octanol–water partition coefficient (Wildman–Crippen LogP) is 3.52. The topological polar surface area (TPSA) is 75.3 Å². The van der Waals surface area contributed by atoms with E-state index in [9.17, 15) is 14.4 Å². The number of carbonyl (C=O) groups excluding carboxylic acids is 3. The Balaban J connectivity index is 1.69. The van der Waals surface area contributed by atoms with E-state index in [-0.39, 0.29) is 17.7 Å². The quantitative estimate of drug-likeness (QED) is 0.566. The van der Waals surface area contributed by atoms with E-state index >= 15 is 0 Å². The number of benzene rings is 3. The van der Waals surface area contributed by atoms with Gasteiger partial charge >= 0.3 is 0 Å². The fourth-order valence-electron chi connectivity index (χ4n) is 3.36. The Hall–Kier alpha value is -3.47. The molecule has 0 aliphatic rings. The molecular weight excluding hydrogens is 376 g/mol. The summed E-state index contributed by atoms with van der Waals surface area (Å²) in [6, 6.07) is 21.3. The van der Waals surface area contributed by atoms with Crippen molar-refractivity contribution in [3.8, 4) is 0 Å². The number of hydrogen-bond donors (Lipinski definition) is 2. The normalized spacial score (nSPS) is 12.9. The molecule has 3 aromatic rings. The first kappa shape index (κ1) is 21.2. The molecule has 2 N–H and O–H groups in total. The minimum atomic E-state index is -0.748. The Kier molecular flexibility index (Phi) is 6.96. The third-order valence-electron chi connectivity index (χ3n) is 5.04. The van der Waals surface area contributed by atoms with Crippen molar-refractivity contribution in [2.24, 2.45) is 5.92 Å². The monoisotopic (exact) mass is 402 g/mol. The zero-order valence-electron chi connectivity index (χ0n) is 17.2. The van der Waals surface area contributed by atoms with Crippen molar-refractivity contribution >= 4 is 28.9 Å². The second-order valence-corrected chi connectivity index (χ2v) is 7.70. The minimum absolute atomic E-state index is 0.140. The van der Waals surface area contributed by atoms with Crippen LogP contribution in [0.2, 0.25) is 0 Å². The predicted molar refractivity (Wildman–Crippen MR) is 118 cm³/mol. The van der Waals surface area contributed by atoms with Crippen LogP contribution < -0.4 is 10.6 Å². The van der Waals surface area contributed by atoms with Crippen molar-refractivity contribution in [1.82, 2.24) is 10.6 Å². The third kappa shape index (κ3) is 5.32. The van der Waals surface area contributed by atoms with Gasteiger partial charge in [-0.25, -0.2) is 0 Å². The van der Waals surface area contributed by atoms with E-state index in [2.05, 4.69) is 10.6 Å². The molecule has 5 nitrogen and oxygen atoms in total. The number of fused-ring (bicyclic) bond motifs is 1. The Morgan fingerprint density at radius 3 is 2.20 bits per heavy atom. The van der Waals surface area contributed by atoms with Crippen molar-refractivity contribution in [3.63, 3.8) is 0 Å². The second-order valence-electron chi connectivity index (χ2n) is 7.70. The second kappa shape index (κ2) is 9.83. The van der Waals surface area contributed by atoms with Gasteiger partial charge in [0.25, 0.3) is 5.91 Å². The molecule has 0 bridgehead atoms. The molecule has 0 aliphatic heterocycles. The molecule has 0 spiro atoms. The number of hydrogen-bond acceptors (Lipinski definition) is 3. The fourth-order valence-corrected chi connectivity index (χ4v) is 3.36. The molecule has 5 heteroatoms. The highest BCUT2D eigenvalue weighted by Gasteiger charge is 2.26. The molecule has 30 heavy (non-hydrogen) atoms. The Morgan fingerprint density at radius 2 is 1.53 bits per heavy atom. The first-order chi connectivity index (χ1) is 14.5. The van der Waals surface area contributed by atoms with Crippen LogP contribution in [0.25, 0.3) is 10.8 Å². The maximum Gasteiger partial charge on any atom is 0.251 e. The van der Waals surface area contributed by atoms with Crippen molar-refractivity contribution < 1.29 is 14.4 Å². The molecule has 0 fully saturated rings. The molecule has 0 aliphatic carbocycles. The molecule has 0 saturated carbocycles. The number of amides is 2. The van der Waals surface area contributed by atoms with Gasteiger partial charge in [0, 0.05) is 5.56 Å². The lowest BCUT2D eigenvalue weighted by atomic mass is 10.0. The van der Waals surface area contributed by atoms with Gasteiger partial charge in [0.15, 0.2) is 0 Å². The standard InChI is InChI=1S/C25H26N2O3/c1-17(2)23(25(30)26-22(16-28)14-18-8-4-3-5-9-18)27-24(29)21-13-12-19-10-6-7-11-20(19)15-21/h3-13,15-17,22-23H,14H2,1-2H3,(H,26,30)(H,27,29)/t22-,23-/m0/s1. The summed E-state index contributed by atoms with van der Waals surface area (Å²) in [7, 11) is 0. The van der Waals surface area contributed by atoms with Crippen LogP contribution in [0.4, 0.5) is 0 Å². The average molecular weight is 402 g/mol. The zero-order valence-corrected chi connectivity index (χ0v) is 17.2. The van der Waals surface area contributed by atoms with Gasteiger partial charge in [-0.2, -0.15) is 0 Å². The molecule has 0 heterocycles. The number of aldehydes is 1. The number of nitrogens with one attached hydrogen (secondary N) is 2. The van der Waals surface area contributed by atoms with E-state index in [0.29, 0.717) is 12.0 Å². The highest BCUT2D eigenvalue weighted by Crippen LogP contribution is 2.16. The maximum absolute atomic E-state index is 12.8. The SMILES string of the molecule is CC(C)[C@H](NC(=O)c1ccc2ccccc2c1)C(=O)N[C@H](C=O)Cc1ccccc1. The molecule has 2 atom stereocenters. The molecule has 154 valence electrons. The van der Waals surface area contributed by atoms with Gasteiger partial charge in [-0.15, -0.1) is 0 Å². The number of carbonyl (C=O) groups is 3. The Bertz CT molecular complexity index is 1030. The van der Waals surface area contributed by atoms with Gasteiger partial charge in [0.05, 0.1) is 6.04 Å². The maximum atomic E-state index is 12.8. The number of rotatable bonds is 8. The summed E-state index contributed by atoms with van der Waals surface area (Å²) in [6.45, 7) is 3.72. The van der Waals surface area contributed by atoms with Crippen LogP contribution in [0.1, 0.15) is 29.8 Å². The average Bonchev–Trinajstić information content (AvgIpc) is 2.76. The van der Waals surface area contributed by atoms with Gasteiger partial charge in [-0.1, -0.05) is 74.5 Å². The van der Waals surface area contributed by atoms with Gasteiger partial charge in [0.1, 0.15) is 12.3 Å². The van der Waals surface area contributed by atoms with E-state index in [1.807, 2.05) is 80.6 Å². The van der Waals surface area contributed by atoms with Crippen molar-refractivity contribution in [1.29, 1.82) is 0 Å². The van der Waals surface area contributed by atoms with Crippen molar-refractivity contribution in [2.45, 2.75) is 32.4 Å². The van der Waals surface area contributed by atoms with Crippen LogP contribution in [0.3, 0.4) is 0 Å². The molecule has 3 rings (SSSR count). The van der Waals surface area contributed by atoms with E-state index in [4.69, 9.17) is 0 Å². The van der Waals surface area contributed by atoms with Gasteiger partial charge in [-0.3, -0.25) is 9.59 Å². The largest absolute Gasteiger partial charge is 0.344 e. The van der Waals surface area contributed by atoms with Crippen LogP contribution in [0.5, 0.6) is 0 Å². The summed E-state index contributed by atoms with van der Waals surface area (Å²) in [6.07, 6.45) is 1.13. The van der Waals surface area contributed by atoms with Crippen LogP contribution >= 0.6 is 0 Å². The molecule has 0 saturated heterocycles. The Labute approximate surface area is 176 Å². The molecule has 2 amide bonds.